The molecule has 154 valence electrons. The lowest BCUT2D eigenvalue weighted by Crippen LogP contribution is -2.36. The number of benzene rings is 2. The first-order chi connectivity index (χ1) is 15.2. The monoisotopic (exact) mass is 408 g/mol. The molecule has 0 aliphatic carbocycles. The Kier molecular flexibility index (Phi) is 4.42. The number of hydrogen-bond donors (Lipinski definition) is 0. The van der Waals surface area contributed by atoms with Gasteiger partial charge in [-0.05, 0) is 71.6 Å². The number of aliphatic imine (C=N–C) groups is 2. The van der Waals surface area contributed by atoms with E-state index in [1.54, 1.807) is 0 Å². The average Bonchev–Trinajstić information content (AvgIpc) is 3.43. The molecule has 0 unspecified atom stereocenters. The molecule has 3 aromatic rings. The van der Waals surface area contributed by atoms with Crippen LogP contribution >= 0.6 is 0 Å². The van der Waals surface area contributed by atoms with Crippen molar-refractivity contribution in [1.29, 1.82) is 0 Å². The summed E-state index contributed by atoms with van der Waals surface area (Å²) in [6.07, 6.45) is 3.55. The number of hydrogen-bond acceptors (Lipinski definition) is 5. The number of fused-ring (bicyclic) bond motifs is 2. The SMILES string of the molecule is Cc1ccnc(C2=Nc3ccc(C4=Nc5ccc(N6CCOCC6)cc5C4)cc3C2)c1. The van der Waals surface area contributed by atoms with Crippen molar-refractivity contribution in [1.82, 2.24) is 4.98 Å². The number of anilines is 1. The van der Waals surface area contributed by atoms with Gasteiger partial charge < -0.3 is 9.64 Å². The van der Waals surface area contributed by atoms with E-state index in [4.69, 9.17) is 14.7 Å². The highest BCUT2D eigenvalue weighted by molar-refractivity contribution is 6.09. The summed E-state index contributed by atoms with van der Waals surface area (Å²) in [5, 5.41) is 0. The second-order valence-corrected chi connectivity index (χ2v) is 8.44. The van der Waals surface area contributed by atoms with Gasteiger partial charge >= 0.3 is 0 Å². The molecule has 3 aliphatic heterocycles. The molecular weight excluding hydrogens is 384 g/mol. The van der Waals surface area contributed by atoms with Crippen LogP contribution in [0.15, 0.2) is 64.7 Å². The van der Waals surface area contributed by atoms with Crippen LogP contribution in [0.4, 0.5) is 17.1 Å². The van der Waals surface area contributed by atoms with Crippen LogP contribution in [0.2, 0.25) is 0 Å². The minimum absolute atomic E-state index is 0.802. The Balaban J connectivity index is 1.22. The first-order valence-electron chi connectivity index (χ1n) is 10.9. The van der Waals surface area contributed by atoms with Gasteiger partial charge in [0.15, 0.2) is 0 Å². The van der Waals surface area contributed by atoms with Crippen molar-refractivity contribution in [2.75, 3.05) is 31.2 Å². The molecule has 1 fully saturated rings. The van der Waals surface area contributed by atoms with Crippen molar-refractivity contribution in [3.8, 4) is 0 Å². The molecule has 6 rings (SSSR count). The van der Waals surface area contributed by atoms with E-state index in [0.717, 1.165) is 67.6 Å². The number of aromatic nitrogens is 1. The van der Waals surface area contributed by atoms with Crippen LogP contribution in [0.1, 0.15) is 27.9 Å². The molecule has 4 heterocycles. The third-order valence-corrected chi connectivity index (χ3v) is 6.29. The van der Waals surface area contributed by atoms with E-state index in [1.807, 2.05) is 12.3 Å². The Morgan fingerprint density at radius 3 is 2.39 bits per heavy atom. The molecule has 31 heavy (non-hydrogen) atoms. The number of rotatable bonds is 3. The van der Waals surface area contributed by atoms with Crippen molar-refractivity contribution in [3.63, 3.8) is 0 Å². The molecule has 1 aromatic heterocycles. The fourth-order valence-electron chi connectivity index (χ4n) is 4.60. The van der Waals surface area contributed by atoms with Gasteiger partial charge in [0.1, 0.15) is 0 Å². The predicted molar refractivity (Wildman–Crippen MR) is 125 cm³/mol. The highest BCUT2D eigenvalue weighted by Crippen LogP contribution is 2.35. The lowest BCUT2D eigenvalue weighted by Gasteiger charge is -2.29. The molecule has 0 amide bonds. The van der Waals surface area contributed by atoms with E-state index in [1.165, 1.54) is 27.9 Å². The smallest absolute Gasteiger partial charge is 0.0850 e. The first kappa shape index (κ1) is 18.5. The molecule has 5 nitrogen and oxygen atoms in total. The molecule has 0 atom stereocenters. The molecule has 2 aromatic carbocycles. The summed E-state index contributed by atoms with van der Waals surface area (Å²) in [4.78, 5) is 16.7. The third kappa shape index (κ3) is 3.45. The zero-order valence-corrected chi connectivity index (χ0v) is 17.6. The van der Waals surface area contributed by atoms with Crippen molar-refractivity contribution < 1.29 is 4.74 Å². The fourth-order valence-corrected chi connectivity index (χ4v) is 4.60. The summed E-state index contributed by atoms with van der Waals surface area (Å²) in [5.74, 6) is 0. The van der Waals surface area contributed by atoms with E-state index in [2.05, 4.69) is 59.3 Å². The predicted octanol–water partition coefficient (Wildman–Crippen LogP) is 4.58. The molecule has 0 bridgehead atoms. The van der Waals surface area contributed by atoms with Gasteiger partial charge in [-0.1, -0.05) is 6.07 Å². The lowest BCUT2D eigenvalue weighted by molar-refractivity contribution is 0.122. The minimum atomic E-state index is 0.802. The second kappa shape index (κ2) is 7.43. The Morgan fingerprint density at radius 1 is 0.806 bits per heavy atom. The summed E-state index contributed by atoms with van der Waals surface area (Å²) < 4.78 is 5.49. The zero-order chi connectivity index (χ0) is 20.8. The van der Waals surface area contributed by atoms with E-state index in [0.29, 0.717) is 0 Å². The molecule has 0 spiro atoms. The first-order valence-corrected chi connectivity index (χ1v) is 10.9. The molecule has 0 N–H and O–H groups in total. The summed E-state index contributed by atoms with van der Waals surface area (Å²) in [7, 11) is 0. The summed E-state index contributed by atoms with van der Waals surface area (Å²) in [6, 6.07) is 17.3. The molecular formula is C26H24N4O. The van der Waals surface area contributed by atoms with Crippen LogP contribution in [0.3, 0.4) is 0 Å². The van der Waals surface area contributed by atoms with Gasteiger partial charge in [-0.25, -0.2) is 0 Å². The number of morpholine rings is 1. The molecule has 0 radical (unpaired) electrons. The van der Waals surface area contributed by atoms with Crippen LogP contribution < -0.4 is 4.90 Å². The quantitative estimate of drug-likeness (QED) is 0.637. The number of ether oxygens (including phenoxy) is 1. The maximum absolute atomic E-state index is 5.49. The van der Waals surface area contributed by atoms with Gasteiger partial charge in [0.25, 0.3) is 0 Å². The summed E-state index contributed by atoms with van der Waals surface area (Å²) in [6.45, 7) is 5.60. The Labute approximate surface area is 182 Å². The Morgan fingerprint density at radius 2 is 1.55 bits per heavy atom. The topological polar surface area (TPSA) is 50.1 Å². The minimum Gasteiger partial charge on any atom is -0.378 e. The van der Waals surface area contributed by atoms with Gasteiger partial charge in [-0.3, -0.25) is 15.0 Å². The number of aryl methyl sites for hydroxylation is 1. The van der Waals surface area contributed by atoms with Gasteiger partial charge in [0.2, 0.25) is 0 Å². The van der Waals surface area contributed by atoms with Crippen LogP contribution in [-0.2, 0) is 17.6 Å². The maximum Gasteiger partial charge on any atom is 0.0850 e. The van der Waals surface area contributed by atoms with Gasteiger partial charge in [-0.15, -0.1) is 0 Å². The number of nitrogens with zero attached hydrogens (tertiary/aromatic N) is 4. The van der Waals surface area contributed by atoms with Gasteiger partial charge in [0, 0.05) is 37.8 Å². The molecule has 1 saturated heterocycles. The molecule has 0 saturated carbocycles. The van der Waals surface area contributed by atoms with Crippen molar-refractivity contribution in [2.45, 2.75) is 19.8 Å². The van der Waals surface area contributed by atoms with Crippen LogP contribution in [-0.4, -0.2) is 42.7 Å². The summed E-state index contributed by atoms with van der Waals surface area (Å²) >= 11 is 0. The fraction of sp³-hybridized carbons (Fsp3) is 0.269. The van der Waals surface area contributed by atoms with Gasteiger partial charge in [0.05, 0.1) is 41.7 Å². The van der Waals surface area contributed by atoms with E-state index in [-0.39, 0.29) is 0 Å². The standard InChI is InChI=1S/C26H24N4O/c1-17-6-7-27-25(12-17)26-16-19-13-18(2-4-22(19)29-26)24-15-20-14-21(3-5-23(20)28-24)30-8-10-31-11-9-30/h2-7,12-14H,8-11,15-16H2,1H3. The van der Waals surface area contributed by atoms with Crippen LogP contribution in [0, 0.1) is 6.92 Å². The highest BCUT2D eigenvalue weighted by Gasteiger charge is 2.22. The van der Waals surface area contributed by atoms with Crippen molar-refractivity contribution in [2.24, 2.45) is 9.98 Å². The molecule has 3 aliphatic rings. The molecule has 5 heteroatoms. The van der Waals surface area contributed by atoms with E-state index < -0.39 is 0 Å². The van der Waals surface area contributed by atoms with Gasteiger partial charge in [-0.2, -0.15) is 0 Å². The average molecular weight is 409 g/mol. The van der Waals surface area contributed by atoms with Crippen LogP contribution in [0.25, 0.3) is 0 Å². The zero-order valence-electron chi connectivity index (χ0n) is 17.6. The van der Waals surface area contributed by atoms with Crippen LogP contribution in [0.5, 0.6) is 0 Å². The Hall–Kier alpha value is -3.31. The second-order valence-electron chi connectivity index (χ2n) is 8.44. The number of pyridine rings is 1. The van der Waals surface area contributed by atoms with Crippen molar-refractivity contribution in [3.05, 3.63) is 82.7 Å². The largest absolute Gasteiger partial charge is 0.378 e. The van der Waals surface area contributed by atoms with Crippen molar-refractivity contribution >= 4 is 28.5 Å². The highest BCUT2D eigenvalue weighted by atomic mass is 16.5. The van der Waals surface area contributed by atoms with E-state index >= 15 is 0 Å². The lowest BCUT2D eigenvalue weighted by atomic mass is 9.99. The van der Waals surface area contributed by atoms with E-state index in [9.17, 15) is 0 Å². The normalized spacial score (nSPS) is 17.3. The Bertz CT molecular complexity index is 1240. The summed E-state index contributed by atoms with van der Waals surface area (Å²) in [5.41, 5.74) is 11.5. The third-order valence-electron chi connectivity index (χ3n) is 6.29. The maximum atomic E-state index is 5.49.